The summed E-state index contributed by atoms with van der Waals surface area (Å²) < 4.78 is 0. The molecule has 1 heterocycles. The third-order valence-electron chi connectivity index (χ3n) is 4.43. The number of piperidine rings is 1. The molecule has 2 fully saturated rings. The van der Waals surface area contributed by atoms with Crippen LogP contribution in [-0.4, -0.2) is 36.4 Å². The molecule has 3 N–H and O–H groups in total. The molecule has 1 aliphatic heterocycles. The number of fused-ring (bicyclic) bond motifs is 2. The molecule has 2 aliphatic rings. The Morgan fingerprint density at radius 2 is 2.24 bits per heavy atom. The van der Waals surface area contributed by atoms with E-state index in [1.54, 1.807) is 6.92 Å². The van der Waals surface area contributed by atoms with Crippen LogP contribution in [0.25, 0.3) is 0 Å². The van der Waals surface area contributed by atoms with Crippen LogP contribution in [0.4, 0.5) is 16.2 Å². The lowest BCUT2D eigenvalue weighted by atomic mass is 10.1. The van der Waals surface area contributed by atoms with Crippen molar-refractivity contribution in [3.8, 4) is 0 Å². The minimum absolute atomic E-state index is 0.252. The molecule has 1 aromatic carbocycles. The number of hydrogen-bond acceptors (Lipinski definition) is 3. The Balaban J connectivity index is 1.70. The van der Waals surface area contributed by atoms with Crippen LogP contribution in [0.15, 0.2) is 24.3 Å². The molecule has 2 amide bonds. The molecule has 114 valence electrons. The van der Waals surface area contributed by atoms with E-state index in [1.807, 2.05) is 18.2 Å². The standard InChI is InChI=1S/C16H23N3O2/c1-11(20)9-17-16(21)18-14-4-2-3-5-15(14)19-10-12-6-7-13(19)8-12/h2-5,11-13,20H,6-10H2,1H3,(H2,17,18,21)/t11-,12?,13?/m0/s1. The summed E-state index contributed by atoms with van der Waals surface area (Å²) in [4.78, 5) is 14.3. The average Bonchev–Trinajstić information content (AvgIpc) is 3.08. The zero-order chi connectivity index (χ0) is 14.8. The number of nitrogens with one attached hydrogen (secondary N) is 2. The Morgan fingerprint density at radius 3 is 2.90 bits per heavy atom. The topological polar surface area (TPSA) is 64.6 Å². The summed E-state index contributed by atoms with van der Waals surface area (Å²) in [6.07, 6.45) is 3.34. The van der Waals surface area contributed by atoms with E-state index in [1.165, 1.54) is 19.3 Å². The number of nitrogens with zero attached hydrogens (tertiary/aromatic N) is 1. The largest absolute Gasteiger partial charge is 0.392 e. The fourth-order valence-corrected chi connectivity index (χ4v) is 3.46. The number of aliphatic hydroxyl groups is 1. The predicted octanol–water partition coefficient (Wildman–Crippen LogP) is 2.18. The number of benzene rings is 1. The first kappa shape index (κ1) is 14.2. The molecule has 1 aromatic rings. The van der Waals surface area contributed by atoms with Crippen molar-refractivity contribution in [3.05, 3.63) is 24.3 Å². The maximum Gasteiger partial charge on any atom is 0.319 e. The van der Waals surface area contributed by atoms with Gasteiger partial charge in [0.05, 0.1) is 17.5 Å². The Kier molecular flexibility index (Phi) is 4.01. The van der Waals surface area contributed by atoms with Crippen molar-refractivity contribution in [2.45, 2.75) is 38.3 Å². The zero-order valence-electron chi connectivity index (χ0n) is 12.4. The van der Waals surface area contributed by atoms with Crippen LogP contribution < -0.4 is 15.5 Å². The summed E-state index contributed by atoms with van der Waals surface area (Å²) in [5, 5.41) is 14.8. The summed E-state index contributed by atoms with van der Waals surface area (Å²) in [7, 11) is 0. The van der Waals surface area contributed by atoms with E-state index in [-0.39, 0.29) is 12.6 Å². The summed E-state index contributed by atoms with van der Waals surface area (Å²) in [5.41, 5.74) is 1.95. The number of rotatable bonds is 4. The Labute approximate surface area is 125 Å². The number of urea groups is 1. The number of carbonyl (C=O) groups is 1. The van der Waals surface area contributed by atoms with E-state index in [0.29, 0.717) is 6.04 Å². The van der Waals surface area contributed by atoms with Crippen molar-refractivity contribution in [1.82, 2.24) is 5.32 Å². The third kappa shape index (κ3) is 3.13. The van der Waals surface area contributed by atoms with E-state index in [2.05, 4.69) is 21.6 Å². The van der Waals surface area contributed by atoms with Gasteiger partial charge in [0.1, 0.15) is 0 Å². The SMILES string of the molecule is C[C@H](O)CNC(=O)Nc1ccccc1N1CC2CCC1C2. The van der Waals surface area contributed by atoms with Gasteiger partial charge in [0, 0.05) is 19.1 Å². The zero-order valence-corrected chi connectivity index (χ0v) is 12.4. The fraction of sp³-hybridized carbons (Fsp3) is 0.562. The highest BCUT2D eigenvalue weighted by Crippen LogP contribution is 2.42. The molecule has 21 heavy (non-hydrogen) atoms. The average molecular weight is 289 g/mol. The Morgan fingerprint density at radius 1 is 1.43 bits per heavy atom. The molecule has 0 radical (unpaired) electrons. The van der Waals surface area contributed by atoms with E-state index < -0.39 is 6.10 Å². The quantitative estimate of drug-likeness (QED) is 0.796. The summed E-state index contributed by atoms with van der Waals surface area (Å²) in [6, 6.07) is 8.31. The number of carbonyl (C=O) groups excluding carboxylic acids is 1. The molecule has 0 spiro atoms. The smallest absolute Gasteiger partial charge is 0.319 e. The second-order valence-electron chi connectivity index (χ2n) is 6.19. The highest BCUT2D eigenvalue weighted by atomic mass is 16.3. The second kappa shape index (κ2) is 5.93. The van der Waals surface area contributed by atoms with Gasteiger partial charge in [0.2, 0.25) is 0 Å². The molecular formula is C16H23N3O2. The molecular weight excluding hydrogens is 266 g/mol. The maximum atomic E-state index is 11.9. The maximum absolute atomic E-state index is 11.9. The van der Waals surface area contributed by atoms with Gasteiger partial charge >= 0.3 is 6.03 Å². The van der Waals surface area contributed by atoms with E-state index in [0.717, 1.165) is 23.8 Å². The van der Waals surface area contributed by atoms with Crippen LogP contribution in [0.3, 0.4) is 0 Å². The van der Waals surface area contributed by atoms with Crippen molar-refractivity contribution in [3.63, 3.8) is 0 Å². The molecule has 5 nitrogen and oxygen atoms in total. The van der Waals surface area contributed by atoms with Gasteiger partial charge in [-0.05, 0) is 44.2 Å². The van der Waals surface area contributed by atoms with Crippen LogP contribution in [-0.2, 0) is 0 Å². The number of hydrogen-bond donors (Lipinski definition) is 3. The molecule has 0 aromatic heterocycles. The van der Waals surface area contributed by atoms with Gasteiger partial charge in [0.25, 0.3) is 0 Å². The van der Waals surface area contributed by atoms with Gasteiger partial charge in [0.15, 0.2) is 0 Å². The van der Waals surface area contributed by atoms with Gasteiger partial charge in [-0.25, -0.2) is 4.79 Å². The normalized spacial score (nSPS) is 25.0. The molecule has 1 saturated carbocycles. The van der Waals surface area contributed by atoms with E-state index >= 15 is 0 Å². The number of para-hydroxylation sites is 2. The van der Waals surface area contributed by atoms with Gasteiger partial charge in [-0.15, -0.1) is 0 Å². The van der Waals surface area contributed by atoms with Crippen LogP contribution >= 0.6 is 0 Å². The minimum Gasteiger partial charge on any atom is -0.392 e. The molecule has 3 rings (SSSR count). The van der Waals surface area contributed by atoms with E-state index in [4.69, 9.17) is 0 Å². The van der Waals surface area contributed by atoms with Crippen molar-refractivity contribution in [1.29, 1.82) is 0 Å². The summed E-state index contributed by atoms with van der Waals surface area (Å²) >= 11 is 0. The number of amides is 2. The molecule has 5 heteroatoms. The molecule has 3 atom stereocenters. The lowest BCUT2D eigenvalue weighted by Gasteiger charge is -2.31. The number of aliphatic hydroxyl groups excluding tert-OH is 1. The highest BCUT2D eigenvalue weighted by Gasteiger charge is 2.38. The van der Waals surface area contributed by atoms with Crippen molar-refractivity contribution in [2.75, 3.05) is 23.3 Å². The summed E-state index contributed by atoms with van der Waals surface area (Å²) in [5.74, 6) is 0.812. The Hall–Kier alpha value is -1.75. The summed E-state index contributed by atoms with van der Waals surface area (Å²) in [6.45, 7) is 3.00. The monoisotopic (exact) mass is 289 g/mol. The third-order valence-corrected chi connectivity index (χ3v) is 4.43. The van der Waals surface area contributed by atoms with Crippen LogP contribution in [0.1, 0.15) is 26.2 Å². The lowest BCUT2D eigenvalue weighted by Crippen LogP contribution is -2.36. The number of anilines is 2. The highest BCUT2D eigenvalue weighted by molar-refractivity contribution is 5.93. The first-order valence-corrected chi connectivity index (χ1v) is 7.72. The molecule has 1 aliphatic carbocycles. The first-order valence-electron chi connectivity index (χ1n) is 7.72. The minimum atomic E-state index is -0.541. The Bertz CT molecular complexity index is 518. The van der Waals surface area contributed by atoms with Gasteiger partial charge in [-0.1, -0.05) is 12.1 Å². The first-order chi connectivity index (χ1) is 10.1. The van der Waals surface area contributed by atoms with E-state index in [9.17, 15) is 9.90 Å². The lowest BCUT2D eigenvalue weighted by molar-refractivity contribution is 0.190. The van der Waals surface area contributed by atoms with Crippen LogP contribution in [0.5, 0.6) is 0 Å². The van der Waals surface area contributed by atoms with Crippen LogP contribution in [0, 0.1) is 5.92 Å². The fourth-order valence-electron chi connectivity index (χ4n) is 3.46. The van der Waals surface area contributed by atoms with Gasteiger partial charge in [-0.2, -0.15) is 0 Å². The molecule has 2 unspecified atom stereocenters. The van der Waals surface area contributed by atoms with Gasteiger partial charge in [-0.3, -0.25) is 0 Å². The predicted molar refractivity (Wildman–Crippen MR) is 83.6 cm³/mol. The van der Waals surface area contributed by atoms with Crippen LogP contribution in [0.2, 0.25) is 0 Å². The molecule has 2 bridgehead atoms. The van der Waals surface area contributed by atoms with Crippen molar-refractivity contribution >= 4 is 17.4 Å². The van der Waals surface area contributed by atoms with Crippen molar-refractivity contribution in [2.24, 2.45) is 5.92 Å². The second-order valence-corrected chi connectivity index (χ2v) is 6.19. The molecule has 1 saturated heterocycles. The van der Waals surface area contributed by atoms with Crippen molar-refractivity contribution < 1.29 is 9.90 Å². The van der Waals surface area contributed by atoms with Gasteiger partial charge < -0.3 is 20.6 Å².